The Morgan fingerprint density at radius 1 is 1.25 bits per heavy atom. The van der Waals surface area contributed by atoms with E-state index in [9.17, 15) is 9.36 Å². The maximum atomic E-state index is 13.1. The fourth-order valence-electron chi connectivity index (χ4n) is 3.04. The van der Waals surface area contributed by atoms with Crippen LogP contribution in [0.3, 0.4) is 0 Å². The first-order valence-electron chi connectivity index (χ1n) is 7.97. The summed E-state index contributed by atoms with van der Waals surface area (Å²) in [5.74, 6) is 0.453. The first kappa shape index (κ1) is 17.9. The van der Waals surface area contributed by atoms with E-state index in [4.69, 9.17) is 9.05 Å². The third-order valence-corrected chi connectivity index (χ3v) is 6.67. The molecule has 0 N–H and O–H groups in total. The third-order valence-electron chi connectivity index (χ3n) is 3.94. The summed E-state index contributed by atoms with van der Waals surface area (Å²) in [6, 6.07) is 0. The van der Waals surface area contributed by atoms with Gasteiger partial charge in [-0.05, 0) is 39.0 Å². The highest BCUT2D eigenvalue weighted by Crippen LogP contribution is 2.58. The SMILES string of the molecule is CCCCC(C1CCCC(=O)C1)P(=O)(OCC)OCC. The zero-order valence-corrected chi connectivity index (χ0v) is 14.0. The molecule has 0 aromatic rings. The molecule has 1 aliphatic carbocycles. The molecule has 1 rings (SSSR count). The summed E-state index contributed by atoms with van der Waals surface area (Å²) in [5, 5.41) is 0. The van der Waals surface area contributed by atoms with Gasteiger partial charge in [0.25, 0.3) is 0 Å². The highest BCUT2D eigenvalue weighted by molar-refractivity contribution is 7.54. The zero-order chi connectivity index (χ0) is 15.0. The summed E-state index contributed by atoms with van der Waals surface area (Å²) in [5.41, 5.74) is -0.119. The van der Waals surface area contributed by atoms with Crippen LogP contribution >= 0.6 is 7.60 Å². The monoisotopic (exact) mass is 304 g/mol. The fourth-order valence-corrected chi connectivity index (χ4v) is 5.49. The smallest absolute Gasteiger partial charge is 0.309 e. The van der Waals surface area contributed by atoms with Crippen molar-refractivity contribution >= 4 is 13.4 Å². The van der Waals surface area contributed by atoms with Gasteiger partial charge in [-0.2, -0.15) is 0 Å². The minimum absolute atomic E-state index is 0.119. The van der Waals surface area contributed by atoms with E-state index in [-0.39, 0.29) is 11.6 Å². The van der Waals surface area contributed by atoms with E-state index in [0.29, 0.717) is 31.8 Å². The molecule has 0 spiro atoms. The molecule has 5 heteroatoms. The molecule has 1 saturated carbocycles. The average Bonchev–Trinajstić information content (AvgIpc) is 2.39. The van der Waals surface area contributed by atoms with E-state index in [1.54, 1.807) is 0 Å². The molecule has 20 heavy (non-hydrogen) atoms. The Morgan fingerprint density at radius 2 is 1.90 bits per heavy atom. The Morgan fingerprint density at radius 3 is 2.40 bits per heavy atom. The van der Waals surface area contributed by atoms with E-state index in [0.717, 1.165) is 32.1 Å². The van der Waals surface area contributed by atoms with Crippen molar-refractivity contribution in [2.24, 2.45) is 5.92 Å². The van der Waals surface area contributed by atoms with Gasteiger partial charge in [0.15, 0.2) is 0 Å². The van der Waals surface area contributed by atoms with Crippen molar-refractivity contribution in [2.75, 3.05) is 13.2 Å². The predicted octanol–water partition coefficient (Wildman–Crippen LogP) is 4.57. The molecule has 0 radical (unpaired) electrons. The summed E-state index contributed by atoms with van der Waals surface area (Å²) >= 11 is 0. The third kappa shape index (κ3) is 4.98. The molecule has 0 bridgehead atoms. The molecule has 0 heterocycles. The van der Waals surface area contributed by atoms with Gasteiger partial charge in [0.2, 0.25) is 0 Å². The second-order valence-corrected chi connectivity index (χ2v) is 7.74. The van der Waals surface area contributed by atoms with Gasteiger partial charge in [0.1, 0.15) is 5.78 Å². The van der Waals surface area contributed by atoms with Crippen LogP contribution in [0.25, 0.3) is 0 Å². The summed E-state index contributed by atoms with van der Waals surface area (Å²) in [6.07, 6.45) is 5.96. The predicted molar refractivity (Wildman–Crippen MR) is 81.1 cm³/mol. The van der Waals surface area contributed by atoms with Crippen molar-refractivity contribution in [2.45, 2.75) is 71.4 Å². The van der Waals surface area contributed by atoms with Crippen molar-refractivity contribution in [3.8, 4) is 0 Å². The summed E-state index contributed by atoms with van der Waals surface area (Å²) in [4.78, 5) is 11.7. The Hall–Kier alpha value is -0.180. The van der Waals surface area contributed by atoms with E-state index < -0.39 is 7.60 Å². The molecule has 0 aromatic heterocycles. The average molecular weight is 304 g/mol. The quantitative estimate of drug-likeness (QED) is 0.585. The van der Waals surface area contributed by atoms with Crippen LogP contribution in [0.15, 0.2) is 0 Å². The topological polar surface area (TPSA) is 52.6 Å². The van der Waals surface area contributed by atoms with Crippen molar-refractivity contribution in [3.63, 3.8) is 0 Å². The molecule has 0 saturated heterocycles. The Balaban J connectivity index is 2.89. The normalized spacial score (nSPS) is 21.9. The van der Waals surface area contributed by atoms with Crippen LogP contribution in [-0.2, 0) is 18.4 Å². The molecule has 4 nitrogen and oxygen atoms in total. The molecule has 118 valence electrons. The van der Waals surface area contributed by atoms with Gasteiger partial charge >= 0.3 is 7.60 Å². The maximum Gasteiger partial charge on any atom is 0.333 e. The maximum absolute atomic E-state index is 13.1. The van der Waals surface area contributed by atoms with E-state index in [1.807, 2.05) is 13.8 Å². The molecule has 0 aromatic carbocycles. The van der Waals surface area contributed by atoms with Crippen LogP contribution in [0.2, 0.25) is 0 Å². The lowest BCUT2D eigenvalue weighted by Gasteiger charge is -2.34. The van der Waals surface area contributed by atoms with Crippen LogP contribution in [0, 0.1) is 5.92 Å². The lowest BCUT2D eigenvalue weighted by molar-refractivity contribution is -0.121. The van der Waals surface area contributed by atoms with Gasteiger partial charge < -0.3 is 9.05 Å². The van der Waals surface area contributed by atoms with Crippen LogP contribution in [-0.4, -0.2) is 24.7 Å². The second-order valence-electron chi connectivity index (χ2n) is 5.48. The van der Waals surface area contributed by atoms with Crippen LogP contribution in [0.5, 0.6) is 0 Å². The Bertz CT molecular complexity index is 333. The highest BCUT2D eigenvalue weighted by atomic mass is 31.2. The number of Topliss-reactive ketones (excluding diaryl/α,β-unsaturated/α-hetero) is 1. The molecular formula is C15H29O4P. The van der Waals surface area contributed by atoms with E-state index in [2.05, 4.69) is 6.92 Å². The molecule has 2 atom stereocenters. The van der Waals surface area contributed by atoms with Crippen LogP contribution in [0.1, 0.15) is 65.7 Å². The first-order valence-corrected chi connectivity index (χ1v) is 9.59. The standard InChI is InChI=1S/C15H29O4P/c1-4-7-11-15(13-9-8-10-14(16)12-13)20(17,18-5-2)19-6-3/h13,15H,4-12H2,1-3H3. The molecule has 1 aliphatic rings. The molecule has 0 aliphatic heterocycles. The van der Waals surface area contributed by atoms with Crippen LogP contribution in [0.4, 0.5) is 0 Å². The zero-order valence-electron chi connectivity index (χ0n) is 13.1. The summed E-state index contributed by atoms with van der Waals surface area (Å²) in [6.45, 7) is 6.58. The van der Waals surface area contributed by atoms with Gasteiger partial charge in [-0.15, -0.1) is 0 Å². The lowest BCUT2D eigenvalue weighted by Crippen LogP contribution is -2.28. The van der Waals surface area contributed by atoms with Crippen molar-refractivity contribution < 1.29 is 18.4 Å². The van der Waals surface area contributed by atoms with Crippen molar-refractivity contribution in [3.05, 3.63) is 0 Å². The van der Waals surface area contributed by atoms with Crippen LogP contribution < -0.4 is 0 Å². The number of hydrogen-bond donors (Lipinski definition) is 0. The minimum atomic E-state index is -3.11. The number of rotatable bonds is 9. The minimum Gasteiger partial charge on any atom is -0.309 e. The highest BCUT2D eigenvalue weighted by Gasteiger charge is 2.41. The molecule has 2 unspecified atom stereocenters. The number of hydrogen-bond acceptors (Lipinski definition) is 4. The lowest BCUT2D eigenvalue weighted by atomic mass is 9.84. The molecule has 0 amide bonds. The van der Waals surface area contributed by atoms with E-state index >= 15 is 0 Å². The van der Waals surface area contributed by atoms with Gasteiger partial charge in [-0.1, -0.05) is 19.8 Å². The summed E-state index contributed by atoms with van der Waals surface area (Å²) < 4.78 is 24.1. The number of carbonyl (C=O) groups excluding carboxylic acids is 1. The van der Waals surface area contributed by atoms with Gasteiger partial charge in [-0.3, -0.25) is 9.36 Å². The molecule has 1 fully saturated rings. The van der Waals surface area contributed by atoms with Gasteiger partial charge in [0.05, 0.1) is 18.9 Å². The Labute approximate surface area is 123 Å². The summed E-state index contributed by atoms with van der Waals surface area (Å²) in [7, 11) is -3.11. The van der Waals surface area contributed by atoms with Crippen molar-refractivity contribution in [1.29, 1.82) is 0 Å². The number of carbonyl (C=O) groups is 1. The first-order chi connectivity index (χ1) is 9.57. The fraction of sp³-hybridized carbons (Fsp3) is 0.933. The number of ketones is 1. The largest absolute Gasteiger partial charge is 0.333 e. The second kappa shape index (κ2) is 8.96. The molecular weight excluding hydrogens is 275 g/mol. The van der Waals surface area contributed by atoms with E-state index in [1.165, 1.54) is 0 Å². The van der Waals surface area contributed by atoms with Crippen molar-refractivity contribution in [1.82, 2.24) is 0 Å². The Kier molecular flexibility index (Phi) is 8.01. The van der Waals surface area contributed by atoms with Gasteiger partial charge in [0, 0.05) is 12.8 Å². The van der Waals surface area contributed by atoms with Gasteiger partial charge in [-0.25, -0.2) is 0 Å². The number of unbranched alkanes of at least 4 members (excludes halogenated alkanes) is 1.